The van der Waals surface area contributed by atoms with Crippen LogP contribution in [0.2, 0.25) is 0 Å². The predicted molar refractivity (Wildman–Crippen MR) is 62.5 cm³/mol. The molecule has 1 aromatic heterocycles. The number of hydrogen-bond donors (Lipinski definition) is 2. The fourth-order valence-electron chi connectivity index (χ4n) is 1.67. The fourth-order valence-corrected chi connectivity index (χ4v) is 2.41. The maximum absolute atomic E-state index is 11.7. The Morgan fingerprint density at radius 1 is 1.41 bits per heavy atom. The number of nitrogens with two attached hydrogens (primary N) is 2. The average Bonchev–Trinajstić information content (AvgIpc) is 2.61. The van der Waals surface area contributed by atoms with E-state index in [0.29, 0.717) is 11.5 Å². The highest BCUT2D eigenvalue weighted by Gasteiger charge is 2.37. The number of carbonyl (C=O) groups excluding carboxylic acids is 1. The number of sulfonamides is 1. The minimum atomic E-state index is -3.70. The quantitative estimate of drug-likeness (QED) is 0.707. The van der Waals surface area contributed by atoms with E-state index in [9.17, 15) is 13.2 Å². The lowest BCUT2D eigenvalue weighted by molar-refractivity contribution is -0.117. The van der Waals surface area contributed by atoms with Gasteiger partial charge in [0.25, 0.3) is 0 Å². The zero-order chi connectivity index (χ0) is 12.6. The second-order valence-corrected chi connectivity index (χ2v) is 5.71. The third-order valence-corrected chi connectivity index (χ3v) is 3.85. The Balaban J connectivity index is 2.24. The molecular weight excluding hydrogens is 244 g/mol. The van der Waals surface area contributed by atoms with Gasteiger partial charge in [-0.1, -0.05) is 0 Å². The standard InChI is InChI=1S/C9H12N4O3S/c10-6-1-2-8(12-4-6)13-5-7(3-9(13)14)17(11,15)16/h1-2,4,7H,3,5,10H2,(H2,11,15,16). The van der Waals surface area contributed by atoms with Gasteiger partial charge in [-0.2, -0.15) is 0 Å². The Kier molecular flexibility index (Phi) is 2.76. The van der Waals surface area contributed by atoms with E-state index in [-0.39, 0.29) is 18.9 Å². The van der Waals surface area contributed by atoms with Crippen molar-refractivity contribution in [2.75, 3.05) is 17.2 Å². The third kappa shape index (κ3) is 2.37. The summed E-state index contributed by atoms with van der Waals surface area (Å²) >= 11 is 0. The molecule has 1 atom stereocenters. The lowest BCUT2D eigenvalue weighted by atomic mass is 10.4. The van der Waals surface area contributed by atoms with Crippen LogP contribution >= 0.6 is 0 Å². The van der Waals surface area contributed by atoms with Crippen LogP contribution in [0, 0.1) is 0 Å². The highest BCUT2D eigenvalue weighted by atomic mass is 32.2. The number of carbonyl (C=O) groups is 1. The summed E-state index contributed by atoms with van der Waals surface area (Å²) in [5, 5.41) is 4.15. The van der Waals surface area contributed by atoms with Crippen molar-refractivity contribution >= 4 is 27.4 Å². The number of primary sulfonamides is 1. The number of pyridine rings is 1. The van der Waals surface area contributed by atoms with E-state index in [2.05, 4.69) is 4.98 Å². The molecule has 4 N–H and O–H groups in total. The lowest BCUT2D eigenvalue weighted by Crippen LogP contribution is -2.32. The summed E-state index contributed by atoms with van der Waals surface area (Å²) in [5.74, 6) is 0.0802. The first-order valence-electron chi connectivity index (χ1n) is 4.91. The van der Waals surface area contributed by atoms with Crippen molar-refractivity contribution in [2.24, 2.45) is 5.14 Å². The van der Waals surface area contributed by atoms with Crippen molar-refractivity contribution < 1.29 is 13.2 Å². The molecule has 1 saturated heterocycles. The number of anilines is 2. The molecule has 1 fully saturated rings. The molecule has 0 aromatic carbocycles. The number of hydrogen-bond acceptors (Lipinski definition) is 5. The van der Waals surface area contributed by atoms with Crippen molar-refractivity contribution in [1.29, 1.82) is 0 Å². The molecule has 0 saturated carbocycles. The number of amides is 1. The summed E-state index contributed by atoms with van der Waals surface area (Å²) in [6, 6.07) is 3.17. The van der Waals surface area contributed by atoms with Gasteiger partial charge in [0.1, 0.15) is 11.1 Å². The van der Waals surface area contributed by atoms with Crippen LogP contribution in [0.5, 0.6) is 0 Å². The molecule has 1 amide bonds. The molecule has 92 valence electrons. The van der Waals surface area contributed by atoms with E-state index in [4.69, 9.17) is 10.9 Å². The molecular formula is C9H12N4O3S. The van der Waals surface area contributed by atoms with Gasteiger partial charge < -0.3 is 5.73 Å². The van der Waals surface area contributed by atoms with Crippen LogP contribution in [0.25, 0.3) is 0 Å². The first-order valence-corrected chi connectivity index (χ1v) is 6.52. The van der Waals surface area contributed by atoms with Crippen molar-refractivity contribution in [3.63, 3.8) is 0 Å². The summed E-state index contributed by atoms with van der Waals surface area (Å²) in [6.45, 7) is 0.0363. The molecule has 0 radical (unpaired) electrons. The van der Waals surface area contributed by atoms with Gasteiger partial charge in [-0.15, -0.1) is 0 Å². The Hall–Kier alpha value is -1.67. The van der Waals surface area contributed by atoms with Crippen LogP contribution in [-0.2, 0) is 14.8 Å². The Bertz CT molecular complexity index is 540. The molecule has 7 nitrogen and oxygen atoms in total. The first kappa shape index (κ1) is 11.8. The van der Waals surface area contributed by atoms with Crippen molar-refractivity contribution in [3.05, 3.63) is 18.3 Å². The van der Waals surface area contributed by atoms with Gasteiger partial charge in [0, 0.05) is 13.0 Å². The lowest BCUT2D eigenvalue weighted by Gasteiger charge is -2.14. The van der Waals surface area contributed by atoms with E-state index in [1.807, 2.05) is 0 Å². The van der Waals surface area contributed by atoms with Gasteiger partial charge in [-0.25, -0.2) is 18.5 Å². The maximum atomic E-state index is 11.7. The molecule has 2 rings (SSSR count). The van der Waals surface area contributed by atoms with Gasteiger partial charge >= 0.3 is 0 Å². The number of rotatable bonds is 2. The molecule has 8 heteroatoms. The minimum absolute atomic E-state index is 0.0363. The average molecular weight is 256 g/mol. The summed E-state index contributed by atoms with van der Waals surface area (Å²) in [5.41, 5.74) is 5.95. The molecule has 1 unspecified atom stereocenters. The highest BCUT2D eigenvalue weighted by molar-refractivity contribution is 7.89. The number of nitrogens with zero attached hydrogens (tertiary/aromatic N) is 2. The second kappa shape index (κ2) is 3.97. The Morgan fingerprint density at radius 2 is 2.12 bits per heavy atom. The summed E-state index contributed by atoms with van der Waals surface area (Å²) in [6.07, 6.45) is 1.30. The summed E-state index contributed by atoms with van der Waals surface area (Å²) < 4.78 is 22.3. The molecule has 0 spiro atoms. The van der Waals surface area contributed by atoms with Gasteiger partial charge in [0.2, 0.25) is 15.9 Å². The van der Waals surface area contributed by atoms with E-state index < -0.39 is 15.3 Å². The predicted octanol–water partition coefficient (Wildman–Crippen LogP) is -0.942. The first-order chi connectivity index (χ1) is 7.88. The normalized spacial score (nSPS) is 20.9. The smallest absolute Gasteiger partial charge is 0.229 e. The molecule has 2 heterocycles. The molecule has 1 aliphatic heterocycles. The Labute approximate surface area is 98.5 Å². The van der Waals surface area contributed by atoms with Crippen molar-refractivity contribution in [2.45, 2.75) is 11.7 Å². The summed E-state index contributed by atoms with van der Waals surface area (Å²) in [4.78, 5) is 16.9. The topological polar surface area (TPSA) is 119 Å². The highest BCUT2D eigenvalue weighted by Crippen LogP contribution is 2.22. The fraction of sp³-hybridized carbons (Fsp3) is 0.333. The SMILES string of the molecule is Nc1ccc(N2CC(S(N)(=O)=O)CC2=O)nc1. The van der Waals surface area contributed by atoms with Gasteiger partial charge in [0.05, 0.1) is 11.9 Å². The van der Waals surface area contributed by atoms with Crippen LogP contribution in [-0.4, -0.2) is 31.1 Å². The second-order valence-electron chi connectivity index (χ2n) is 3.87. The van der Waals surface area contributed by atoms with Crippen molar-refractivity contribution in [1.82, 2.24) is 4.98 Å². The van der Waals surface area contributed by atoms with Crippen LogP contribution in [0.15, 0.2) is 18.3 Å². The maximum Gasteiger partial charge on any atom is 0.229 e. The van der Waals surface area contributed by atoms with E-state index in [1.54, 1.807) is 12.1 Å². The molecule has 1 aromatic rings. The zero-order valence-corrected chi connectivity index (χ0v) is 9.72. The molecule has 0 aliphatic carbocycles. The third-order valence-electron chi connectivity index (χ3n) is 2.60. The van der Waals surface area contributed by atoms with Crippen LogP contribution < -0.4 is 15.8 Å². The largest absolute Gasteiger partial charge is 0.397 e. The number of aromatic nitrogens is 1. The number of nitrogen functional groups attached to an aromatic ring is 1. The molecule has 17 heavy (non-hydrogen) atoms. The minimum Gasteiger partial charge on any atom is -0.397 e. The zero-order valence-electron chi connectivity index (χ0n) is 8.91. The molecule has 0 bridgehead atoms. The monoisotopic (exact) mass is 256 g/mol. The Morgan fingerprint density at radius 3 is 2.59 bits per heavy atom. The van der Waals surface area contributed by atoms with Crippen molar-refractivity contribution in [3.8, 4) is 0 Å². The van der Waals surface area contributed by atoms with Gasteiger partial charge in [-0.3, -0.25) is 9.69 Å². The van der Waals surface area contributed by atoms with Gasteiger partial charge in [0.15, 0.2) is 0 Å². The van der Waals surface area contributed by atoms with E-state index in [1.165, 1.54) is 11.1 Å². The van der Waals surface area contributed by atoms with Crippen LogP contribution in [0.3, 0.4) is 0 Å². The van der Waals surface area contributed by atoms with E-state index >= 15 is 0 Å². The van der Waals surface area contributed by atoms with Crippen LogP contribution in [0.4, 0.5) is 11.5 Å². The van der Waals surface area contributed by atoms with Crippen LogP contribution in [0.1, 0.15) is 6.42 Å². The van der Waals surface area contributed by atoms with Gasteiger partial charge in [-0.05, 0) is 12.1 Å². The summed E-state index contributed by atoms with van der Waals surface area (Å²) in [7, 11) is -3.70. The molecule has 1 aliphatic rings. The van der Waals surface area contributed by atoms with E-state index in [0.717, 1.165) is 0 Å².